The number of benzene rings is 2. The first kappa shape index (κ1) is 15.1. The van der Waals surface area contributed by atoms with Crippen LogP contribution in [0.5, 0.6) is 0 Å². The number of nitrogens with zero attached hydrogens (tertiary/aromatic N) is 3. The Morgan fingerprint density at radius 3 is 2.78 bits per heavy atom. The topological polar surface area (TPSA) is 70.7 Å². The van der Waals surface area contributed by atoms with Crippen LogP contribution in [-0.2, 0) is 11.8 Å². The van der Waals surface area contributed by atoms with Crippen molar-refractivity contribution in [1.29, 1.82) is 5.26 Å². The van der Waals surface area contributed by atoms with Gasteiger partial charge in [-0.3, -0.25) is 4.79 Å². The monoisotopic (exact) mass is 324 g/mol. The standard InChI is InChI=1S/C17H13ClN4O/c1-22-15-8-3-2-7-14(15)21-16(22)13(10-19)17(23)20-12-6-4-5-11(18)9-12/h2-9,13H,1H3,(H,20,23). The molecule has 0 saturated carbocycles. The summed E-state index contributed by atoms with van der Waals surface area (Å²) in [5.74, 6) is -1.03. The number of nitriles is 1. The molecule has 114 valence electrons. The molecule has 5 nitrogen and oxygen atoms in total. The summed E-state index contributed by atoms with van der Waals surface area (Å²) in [6, 6.07) is 16.3. The molecular formula is C17H13ClN4O. The molecule has 3 rings (SSSR count). The highest BCUT2D eigenvalue weighted by molar-refractivity contribution is 6.30. The molecule has 1 heterocycles. The van der Waals surface area contributed by atoms with Crippen molar-refractivity contribution in [3.8, 4) is 6.07 Å². The molecule has 0 bridgehead atoms. The number of amides is 1. The van der Waals surface area contributed by atoms with Crippen molar-refractivity contribution in [3.63, 3.8) is 0 Å². The van der Waals surface area contributed by atoms with E-state index in [9.17, 15) is 10.1 Å². The summed E-state index contributed by atoms with van der Waals surface area (Å²) in [5, 5.41) is 12.7. The van der Waals surface area contributed by atoms with E-state index >= 15 is 0 Å². The number of aromatic nitrogens is 2. The summed E-state index contributed by atoms with van der Waals surface area (Å²) >= 11 is 5.90. The van der Waals surface area contributed by atoms with Gasteiger partial charge in [-0.05, 0) is 30.3 Å². The molecule has 0 saturated heterocycles. The molecule has 0 spiro atoms. The number of hydrogen-bond acceptors (Lipinski definition) is 3. The largest absolute Gasteiger partial charge is 0.330 e. The molecule has 1 N–H and O–H groups in total. The molecule has 23 heavy (non-hydrogen) atoms. The second-order valence-electron chi connectivity index (χ2n) is 5.08. The lowest BCUT2D eigenvalue weighted by molar-refractivity contribution is -0.116. The van der Waals surface area contributed by atoms with E-state index in [1.165, 1.54) is 0 Å². The minimum Gasteiger partial charge on any atom is -0.330 e. The summed E-state index contributed by atoms with van der Waals surface area (Å²) in [4.78, 5) is 16.9. The molecule has 1 amide bonds. The summed E-state index contributed by atoms with van der Waals surface area (Å²) in [5.41, 5.74) is 2.17. The number of imidazole rings is 1. The number of fused-ring (bicyclic) bond motifs is 1. The van der Waals surface area contributed by atoms with Gasteiger partial charge >= 0.3 is 0 Å². The fourth-order valence-corrected chi connectivity index (χ4v) is 2.63. The highest BCUT2D eigenvalue weighted by atomic mass is 35.5. The number of hydrogen-bond donors (Lipinski definition) is 1. The lowest BCUT2D eigenvalue weighted by Gasteiger charge is -2.10. The van der Waals surface area contributed by atoms with Gasteiger partial charge in [0.15, 0.2) is 5.92 Å². The van der Waals surface area contributed by atoms with E-state index in [2.05, 4.69) is 10.3 Å². The first-order chi connectivity index (χ1) is 11.1. The predicted octanol–water partition coefficient (Wildman–Crippen LogP) is 3.47. The molecule has 1 atom stereocenters. The number of carbonyl (C=O) groups excluding carboxylic acids is 1. The minimum absolute atomic E-state index is 0.410. The number of anilines is 1. The van der Waals surface area contributed by atoms with E-state index < -0.39 is 11.8 Å². The number of halogens is 1. The molecule has 1 unspecified atom stereocenters. The Kier molecular flexibility index (Phi) is 4.00. The highest BCUT2D eigenvalue weighted by Crippen LogP contribution is 2.23. The maximum atomic E-state index is 12.5. The van der Waals surface area contributed by atoms with Crippen LogP contribution in [0.1, 0.15) is 11.7 Å². The lowest BCUT2D eigenvalue weighted by atomic mass is 10.1. The van der Waals surface area contributed by atoms with Gasteiger partial charge in [0.05, 0.1) is 17.1 Å². The van der Waals surface area contributed by atoms with Crippen LogP contribution < -0.4 is 5.32 Å². The second-order valence-corrected chi connectivity index (χ2v) is 5.52. The van der Waals surface area contributed by atoms with E-state index in [0.29, 0.717) is 16.5 Å². The number of rotatable bonds is 3. The van der Waals surface area contributed by atoms with Crippen molar-refractivity contribution in [2.24, 2.45) is 7.05 Å². The summed E-state index contributed by atoms with van der Waals surface area (Å²) in [6.07, 6.45) is 0. The highest BCUT2D eigenvalue weighted by Gasteiger charge is 2.26. The van der Waals surface area contributed by atoms with Gasteiger partial charge in [-0.15, -0.1) is 0 Å². The fourth-order valence-electron chi connectivity index (χ4n) is 2.44. The molecule has 6 heteroatoms. The lowest BCUT2D eigenvalue weighted by Crippen LogP contribution is -2.22. The normalized spacial score (nSPS) is 11.9. The second kappa shape index (κ2) is 6.11. The zero-order chi connectivity index (χ0) is 16.4. The van der Waals surface area contributed by atoms with E-state index in [1.54, 1.807) is 35.9 Å². The van der Waals surface area contributed by atoms with Gasteiger partial charge in [0.1, 0.15) is 5.82 Å². The Bertz CT molecular complexity index is 926. The third-order valence-electron chi connectivity index (χ3n) is 3.56. The van der Waals surface area contributed by atoms with Gasteiger partial charge in [0, 0.05) is 17.8 Å². The number of aryl methyl sites for hydroxylation is 1. The molecular weight excluding hydrogens is 312 g/mol. The van der Waals surface area contributed by atoms with Gasteiger partial charge < -0.3 is 9.88 Å². The molecule has 0 aliphatic heterocycles. The van der Waals surface area contributed by atoms with Crippen molar-refractivity contribution in [3.05, 3.63) is 59.4 Å². The molecule has 0 fully saturated rings. The van der Waals surface area contributed by atoms with Crippen molar-refractivity contribution < 1.29 is 4.79 Å². The van der Waals surface area contributed by atoms with Gasteiger partial charge in [0.2, 0.25) is 5.91 Å². The van der Waals surface area contributed by atoms with Gasteiger partial charge in [-0.25, -0.2) is 4.98 Å². The summed E-state index contributed by atoms with van der Waals surface area (Å²) in [7, 11) is 1.79. The molecule has 3 aromatic rings. The third-order valence-corrected chi connectivity index (χ3v) is 3.80. The van der Waals surface area contributed by atoms with Crippen LogP contribution in [-0.4, -0.2) is 15.5 Å². The first-order valence-electron chi connectivity index (χ1n) is 6.97. The first-order valence-corrected chi connectivity index (χ1v) is 7.35. The maximum absolute atomic E-state index is 12.5. The third kappa shape index (κ3) is 2.89. The molecule has 1 aromatic heterocycles. The quantitative estimate of drug-likeness (QED) is 0.802. The van der Waals surface area contributed by atoms with Crippen LogP contribution in [0, 0.1) is 11.3 Å². The van der Waals surface area contributed by atoms with E-state index in [0.717, 1.165) is 11.0 Å². The summed E-state index contributed by atoms with van der Waals surface area (Å²) < 4.78 is 1.76. The molecule has 0 radical (unpaired) electrons. The zero-order valence-electron chi connectivity index (χ0n) is 12.3. The van der Waals surface area contributed by atoms with Gasteiger partial charge in [-0.2, -0.15) is 5.26 Å². The predicted molar refractivity (Wildman–Crippen MR) is 89.1 cm³/mol. The smallest absolute Gasteiger partial charge is 0.249 e. The number of carbonyl (C=O) groups is 1. The van der Waals surface area contributed by atoms with Crippen molar-refractivity contribution >= 4 is 34.2 Å². The van der Waals surface area contributed by atoms with Crippen LogP contribution in [0.15, 0.2) is 48.5 Å². The van der Waals surface area contributed by atoms with Crippen molar-refractivity contribution in [1.82, 2.24) is 9.55 Å². The molecule has 2 aromatic carbocycles. The zero-order valence-corrected chi connectivity index (χ0v) is 13.1. The van der Waals surface area contributed by atoms with E-state index in [-0.39, 0.29) is 0 Å². The Balaban J connectivity index is 1.94. The Morgan fingerprint density at radius 1 is 1.30 bits per heavy atom. The van der Waals surface area contributed by atoms with Crippen LogP contribution in [0.3, 0.4) is 0 Å². The van der Waals surface area contributed by atoms with Crippen molar-refractivity contribution in [2.75, 3.05) is 5.32 Å². The van der Waals surface area contributed by atoms with Crippen LogP contribution >= 0.6 is 11.6 Å². The SMILES string of the molecule is Cn1c(C(C#N)C(=O)Nc2cccc(Cl)c2)nc2ccccc21. The van der Waals surface area contributed by atoms with Crippen LogP contribution in [0.4, 0.5) is 5.69 Å². The molecule has 0 aliphatic rings. The average Bonchev–Trinajstić information content (AvgIpc) is 2.86. The Labute approximate surface area is 138 Å². The van der Waals surface area contributed by atoms with Crippen LogP contribution in [0.2, 0.25) is 5.02 Å². The van der Waals surface area contributed by atoms with Crippen molar-refractivity contribution in [2.45, 2.75) is 5.92 Å². The maximum Gasteiger partial charge on any atom is 0.249 e. The van der Waals surface area contributed by atoms with Gasteiger partial charge in [-0.1, -0.05) is 29.8 Å². The van der Waals surface area contributed by atoms with Gasteiger partial charge in [0.25, 0.3) is 0 Å². The van der Waals surface area contributed by atoms with E-state index in [1.807, 2.05) is 30.3 Å². The van der Waals surface area contributed by atoms with Crippen LogP contribution in [0.25, 0.3) is 11.0 Å². The fraction of sp³-hybridized carbons (Fsp3) is 0.118. The Morgan fingerprint density at radius 2 is 2.09 bits per heavy atom. The minimum atomic E-state index is -1.01. The Hall–Kier alpha value is -2.84. The number of nitrogens with one attached hydrogen (secondary N) is 1. The molecule has 0 aliphatic carbocycles. The average molecular weight is 325 g/mol. The number of para-hydroxylation sites is 2. The summed E-state index contributed by atoms with van der Waals surface area (Å²) in [6.45, 7) is 0. The van der Waals surface area contributed by atoms with E-state index in [4.69, 9.17) is 11.6 Å².